The van der Waals surface area contributed by atoms with Crippen molar-refractivity contribution in [2.45, 2.75) is 226 Å². The second-order valence-electron chi connectivity index (χ2n) is 35.3. The van der Waals surface area contributed by atoms with Gasteiger partial charge in [0.2, 0.25) is 35.4 Å². The fourth-order valence-corrected chi connectivity index (χ4v) is 18.8. The third-order valence-electron chi connectivity index (χ3n) is 24.9. The van der Waals surface area contributed by atoms with Crippen LogP contribution in [-0.2, 0) is 115 Å². The molecular weight excluding hydrogens is 1870 g/mol. The number of nitrogens with zero attached hydrogens (tertiary/aromatic N) is 10. The zero-order valence-corrected chi connectivity index (χ0v) is 77.3. The maximum absolute atomic E-state index is 13.2. The van der Waals surface area contributed by atoms with E-state index in [2.05, 4.69) is 48.5 Å². The van der Waals surface area contributed by atoms with Crippen LogP contribution in [-0.4, -0.2) is 191 Å². The number of piperidine rings is 9. The van der Waals surface area contributed by atoms with Gasteiger partial charge in [0.25, 0.3) is 0 Å². The summed E-state index contributed by atoms with van der Waals surface area (Å²) in [7, 11) is 6.35. The molecule has 32 heteroatoms. The number of amides is 8. The Bertz CT molecular complexity index is 4690. The molecule has 8 amide bonds. The fraction of sp³-hybridized carbons (Fsp3) is 0.651. The molecule has 9 fully saturated rings. The van der Waals surface area contributed by atoms with Crippen molar-refractivity contribution in [3.63, 3.8) is 0 Å². The molecule has 3 unspecified atom stereocenters. The minimum atomic E-state index is -0.735. The van der Waals surface area contributed by atoms with Crippen LogP contribution < -0.4 is 43.7 Å². The molecule has 5 N–H and O–H groups in total. The van der Waals surface area contributed by atoms with Gasteiger partial charge in [0.15, 0.2) is 6.29 Å². The Morgan fingerprint density at radius 1 is 0.424 bits per heavy atom. The summed E-state index contributed by atoms with van der Waals surface area (Å²) in [6.07, 6.45) is 20.4. The number of fused-ring (bicyclic) bond motifs is 3. The first-order chi connectivity index (χ1) is 55.5. The van der Waals surface area contributed by atoms with Gasteiger partial charge < -0.3 is 29.9 Å². The molecule has 15 rings (SSSR count). The first-order valence-electron chi connectivity index (χ1n) is 42.8. The number of hydrogen-bond donors (Lipinski definition) is 5. The number of imidazole rings is 3. The Kier molecular flexibility index (Phi) is 34.3. The summed E-state index contributed by atoms with van der Waals surface area (Å²) in [6.45, 7) is 25.3. The molecule has 0 bridgehead atoms. The van der Waals surface area contributed by atoms with E-state index in [4.69, 9.17) is 10.8 Å². The number of benzene rings is 3. The molecule has 0 spiro atoms. The summed E-state index contributed by atoms with van der Waals surface area (Å²) in [6, 6.07) is 14.8. The van der Waals surface area contributed by atoms with Gasteiger partial charge in [-0.3, -0.25) is 86.7 Å². The van der Waals surface area contributed by atoms with E-state index < -0.39 is 35.5 Å². The van der Waals surface area contributed by atoms with Crippen molar-refractivity contribution in [2.75, 3.05) is 78.5 Å². The molecule has 3 aromatic heterocycles. The third kappa shape index (κ3) is 23.9. The van der Waals surface area contributed by atoms with Gasteiger partial charge in [0, 0.05) is 129 Å². The molecule has 0 aliphatic carbocycles. The monoisotopic (exact) mass is 2000 g/mol. The van der Waals surface area contributed by atoms with Crippen LogP contribution in [0.4, 0.5) is 9.59 Å². The largest absolute Gasteiger partial charge is 0.444 e. The molecule has 3 aromatic carbocycles. The van der Waals surface area contributed by atoms with E-state index in [1.54, 1.807) is 57.6 Å². The molecule has 0 radical (unpaired) electrons. The topological polar surface area (TPSA) is 326 Å². The number of rotatable bonds is 14. The first-order valence-corrected chi connectivity index (χ1v) is 41.8. The van der Waals surface area contributed by atoms with Crippen molar-refractivity contribution in [2.24, 2.45) is 56.7 Å². The number of nitrogens with one attached hydrogen (secondary N) is 5. The number of ether oxygens (including phenoxy) is 2. The summed E-state index contributed by atoms with van der Waals surface area (Å²) in [5.74, 6) is 2.60. The molecular formula is C86H126ClN15O14W2. The van der Waals surface area contributed by atoms with E-state index in [-0.39, 0.29) is 139 Å². The van der Waals surface area contributed by atoms with Crippen LogP contribution in [0.2, 0.25) is 0 Å². The molecule has 9 aliphatic heterocycles. The number of carbonyl (C=O) groups excluding carboxylic acids is 9. The molecule has 9 saturated heterocycles. The van der Waals surface area contributed by atoms with Gasteiger partial charge in [-0.15, -0.1) is 12.4 Å². The number of para-hydroxylation sites is 3. The fourth-order valence-electron chi connectivity index (χ4n) is 18.8. The standard InChI is InChI=1S/C30H43N5O5.C25H35N5O3.C16H30N2O2.C14H13N3O4.CH4.ClH.2W/c1-30(2,3)40-29(39)34-16-12-21(13-17-34)18-20-10-14-33(15-11-20)19-22-6-5-7-23-26(22)32(4)28(38)35(23)24-8-9-25(36)31-27(24)37;1-28-23-19(16-29-13-9-18(10-14-29)15-17-7-11-26-12-8-17)3-2-4-20(23)30(25(28)33)21-5-6-22(31)27-24(21)32;1-16(2,3)20-15(19)18-10-6-14(7-11-18)12-13-4-8-17-9-5-13;1-16-12-8(7-18)3-2-4-9(12)17(14(16)21)10-5-6-11(19)15-13(10)20;;;;/h5-7,20-21,24H,8-19H2,1-4H3,(H,31,36,37);2-4,17-18,21,26H,5-16H2,1H3,(H,27,31,32);13-14,17H,4-12H2,1-3H3;2-4,7,10H,5-6H2,1H3,(H,15,19,20);1H4;1H;;/i;;;;1T;;;. The van der Waals surface area contributed by atoms with E-state index in [9.17, 15) is 57.5 Å². The van der Waals surface area contributed by atoms with Gasteiger partial charge in [-0.1, -0.05) is 37.7 Å². The molecule has 648 valence electrons. The van der Waals surface area contributed by atoms with Gasteiger partial charge in [-0.2, -0.15) is 0 Å². The average Bonchev–Trinajstić information content (AvgIpc) is 1.61. The second-order valence-corrected chi connectivity index (χ2v) is 35.3. The number of halogens is 1. The molecule has 118 heavy (non-hydrogen) atoms. The van der Waals surface area contributed by atoms with Crippen molar-refractivity contribution >= 4 is 99.4 Å². The molecule has 29 nitrogen and oxygen atoms in total. The Hall–Kier alpha value is -7.39. The number of aryl methyl sites for hydroxylation is 3. The Morgan fingerprint density at radius 2 is 0.703 bits per heavy atom. The minimum absolute atomic E-state index is 0. The van der Waals surface area contributed by atoms with Crippen molar-refractivity contribution in [3.8, 4) is 0 Å². The smallest absolute Gasteiger partial charge is 0.410 e. The average molecular weight is 2000 g/mol. The maximum atomic E-state index is 13.2. The quantitative estimate of drug-likeness (QED) is 0.0500. The predicted octanol–water partition coefficient (Wildman–Crippen LogP) is 9.69. The van der Waals surface area contributed by atoms with Gasteiger partial charge >= 0.3 is 29.3 Å². The molecule has 3 atom stereocenters. The molecule has 12 heterocycles. The number of likely N-dealkylation sites (tertiary alicyclic amines) is 4. The molecule has 6 aromatic rings. The van der Waals surface area contributed by atoms with Crippen LogP contribution in [0.15, 0.2) is 69.0 Å². The Labute approximate surface area is 728 Å². The normalized spacial score (nSPS) is 21.4. The van der Waals surface area contributed by atoms with Crippen LogP contribution in [0.5, 0.6) is 0 Å². The number of aromatic nitrogens is 6. The zero-order chi connectivity index (χ0) is 83.3. The summed E-state index contributed by atoms with van der Waals surface area (Å²) in [4.78, 5) is 154. The molecule has 0 saturated carbocycles. The van der Waals surface area contributed by atoms with Crippen LogP contribution in [0.25, 0.3) is 33.1 Å². The van der Waals surface area contributed by atoms with Crippen molar-refractivity contribution in [1.82, 2.24) is 73.6 Å². The van der Waals surface area contributed by atoms with E-state index in [0.717, 1.165) is 161 Å². The Morgan fingerprint density at radius 3 is 1.00 bits per heavy atom. The Balaban J connectivity index is 0.000000202. The van der Waals surface area contributed by atoms with E-state index in [1.165, 1.54) is 101 Å². The first kappa shape index (κ1) is 94.5. The van der Waals surface area contributed by atoms with E-state index in [0.29, 0.717) is 47.6 Å². The van der Waals surface area contributed by atoms with Crippen LogP contribution in [0.1, 0.15) is 225 Å². The van der Waals surface area contributed by atoms with E-state index >= 15 is 0 Å². The van der Waals surface area contributed by atoms with Crippen molar-refractivity contribution in [1.29, 1.82) is 0 Å². The summed E-state index contributed by atoms with van der Waals surface area (Å²) >= 11 is 0. The van der Waals surface area contributed by atoms with Crippen molar-refractivity contribution < 1.29 is 96.1 Å². The minimum Gasteiger partial charge on any atom is -0.444 e. The number of hydrogen-bond acceptors (Lipinski definition) is 18. The van der Waals surface area contributed by atoms with E-state index in [1.807, 2.05) is 75.6 Å². The van der Waals surface area contributed by atoms with Crippen LogP contribution >= 0.6 is 12.4 Å². The molecule has 9 aliphatic rings. The number of aldehydes is 1. The van der Waals surface area contributed by atoms with Crippen LogP contribution in [0.3, 0.4) is 0 Å². The van der Waals surface area contributed by atoms with Gasteiger partial charge in [-0.25, -0.2) is 24.0 Å². The summed E-state index contributed by atoms with van der Waals surface area (Å²) in [5.41, 5.74) is 5.20. The maximum Gasteiger partial charge on any atom is 0.410 e. The van der Waals surface area contributed by atoms with Crippen LogP contribution in [0, 0.1) is 35.5 Å². The van der Waals surface area contributed by atoms with Crippen molar-refractivity contribution in [3.05, 3.63) is 103 Å². The van der Waals surface area contributed by atoms with Gasteiger partial charge in [0.1, 0.15) is 29.3 Å². The second kappa shape index (κ2) is 42.9. The summed E-state index contributed by atoms with van der Waals surface area (Å²) < 4.78 is 25.9. The number of imide groups is 3. The number of carbonyl (C=O) groups is 9. The SMILES string of the molecule is CC(C)(C)OC(=O)N1CCC(CC2CCNCC2)CC1.Cl.Cn1c(=O)n(C2CCC(=O)NC2=O)c2cccc(C=O)c21.Cn1c(=O)n(C2CCC(=O)NC2=O)c2cccc(CN3CCC(CC4CCN(C(=O)OC(C)(C)C)CC4)CC3)c21.Cn1c(=O)n(C2CCC(=O)NC2=O)c2cccc(CN3CCC(CC4CCNCC4)CC3)c21.[3H]C.[W].[W]. The predicted molar refractivity (Wildman–Crippen MR) is 447 cm³/mol. The third-order valence-corrected chi connectivity index (χ3v) is 24.9. The van der Waals surface area contributed by atoms with Gasteiger partial charge in [-0.05, 0) is 280 Å². The zero-order valence-electron chi connectivity index (χ0n) is 71.6. The van der Waals surface area contributed by atoms with Gasteiger partial charge in [0.05, 0.1) is 33.1 Å². The summed E-state index contributed by atoms with van der Waals surface area (Å²) in [5, 5.41) is 13.9.